The SMILES string of the molecule is CC(C)CC(=O)N(CCC(=O)Nc1nnc(-c2ccc(C(F)(F)F)cc2)s1)CC(C)C. The number of nitrogens with one attached hydrogen (secondary N) is 1. The molecule has 10 heteroatoms. The third-order valence-electron chi connectivity index (χ3n) is 4.26. The van der Waals surface area contributed by atoms with Gasteiger partial charge in [0, 0.05) is 31.5 Å². The number of amides is 2. The zero-order valence-corrected chi connectivity index (χ0v) is 18.8. The Balaban J connectivity index is 1.95. The van der Waals surface area contributed by atoms with Gasteiger partial charge in [-0.05, 0) is 24.0 Å². The summed E-state index contributed by atoms with van der Waals surface area (Å²) >= 11 is 1.07. The van der Waals surface area contributed by atoms with E-state index in [2.05, 4.69) is 15.5 Å². The van der Waals surface area contributed by atoms with Crippen LogP contribution in [-0.4, -0.2) is 40.0 Å². The van der Waals surface area contributed by atoms with E-state index >= 15 is 0 Å². The van der Waals surface area contributed by atoms with E-state index in [1.165, 1.54) is 12.1 Å². The van der Waals surface area contributed by atoms with Crippen molar-refractivity contribution in [2.45, 2.75) is 46.7 Å². The van der Waals surface area contributed by atoms with Crippen molar-refractivity contribution in [3.05, 3.63) is 29.8 Å². The number of nitrogens with zero attached hydrogens (tertiary/aromatic N) is 3. The highest BCUT2D eigenvalue weighted by Crippen LogP contribution is 2.32. The highest BCUT2D eigenvalue weighted by atomic mass is 32.1. The van der Waals surface area contributed by atoms with Crippen LogP contribution < -0.4 is 5.32 Å². The third kappa shape index (κ3) is 7.93. The predicted octanol–water partition coefficient (Wildman–Crippen LogP) is 5.08. The van der Waals surface area contributed by atoms with Crippen molar-refractivity contribution in [3.63, 3.8) is 0 Å². The molecular weight excluding hydrogens is 429 g/mol. The summed E-state index contributed by atoms with van der Waals surface area (Å²) in [6, 6.07) is 4.59. The lowest BCUT2D eigenvalue weighted by atomic mass is 10.1. The summed E-state index contributed by atoms with van der Waals surface area (Å²) in [4.78, 5) is 26.4. The molecule has 2 amide bonds. The lowest BCUT2D eigenvalue weighted by molar-refractivity contribution is -0.137. The van der Waals surface area contributed by atoms with E-state index < -0.39 is 11.7 Å². The molecule has 0 atom stereocenters. The number of carbonyl (C=O) groups excluding carboxylic acids is 2. The van der Waals surface area contributed by atoms with E-state index in [0.29, 0.717) is 30.1 Å². The Morgan fingerprint density at radius 1 is 1.06 bits per heavy atom. The van der Waals surface area contributed by atoms with Gasteiger partial charge < -0.3 is 10.2 Å². The van der Waals surface area contributed by atoms with Crippen LogP contribution in [0.2, 0.25) is 0 Å². The first-order valence-electron chi connectivity index (χ1n) is 10.0. The molecule has 1 N–H and O–H groups in total. The van der Waals surface area contributed by atoms with Gasteiger partial charge >= 0.3 is 6.18 Å². The highest BCUT2D eigenvalue weighted by molar-refractivity contribution is 7.18. The Kier molecular flexibility index (Phi) is 8.55. The van der Waals surface area contributed by atoms with Crippen molar-refractivity contribution in [2.24, 2.45) is 11.8 Å². The summed E-state index contributed by atoms with van der Waals surface area (Å²) in [5.41, 5.74) is -0.263. The average Bonchev–Trinajstić information content (AvgIpc) is 3.12. The molecule has 2 aromatic rings. The van der Waals surface area contributed by atoms with Gasteiger partial charge in [-0.1, -0.05) is 51.2 Å². The summed E-state index contributed by atoms with van der Waals surface area (Å²) in [6.07, 6.45) is -3.86. The van der Waals surface area contributed by atoms with Crippen molar-refractivity contribution in [1.29, 1.82) is 0 Å². The van der Waals surface area contributed by atoms with Crippen molar-refractivity contribution >= 4 is 28.3 Å². The van der Waals surface area contributed by atoms with Crippen LogP contribution in [0.1, 0.15) is 46.1 Å². The number of hydrogen-bond donors (Lipinski definition) is 1. The second-order valence-electron chi connectivity index (χ2n) is 8.12. The summed E-state index contributed by atoms with van der Waals surface area (Å²) in [7, 11) is 0. The second-order valence-corrected chi connectivity index (χ2v) is 9.09. The van der Waals surface area contributed by atoms with Crippen LogP contribution in [0.15, 0.2) is 24.3 Å². The molecule has 1 aromatic heterocycles. The molecule has 2 rings (SSSR count). The lowest BCUT2D eigenvalue weighted by Crippen LogP contribution is -2.37. The van der Waals surface area contributed by atoms with E-state index in [1.54, 1.807) is 4.90 Å². The monoisotopic (exact) mass is 456 g/mol. The molecule has 0 radical (unpaired) electrons. The van der Waals surface area contributed by atoms with E-state index in [1.807, 2.05) is 27.7 Å². The largest absolute Gasteiger partial charge is 0.416 e. The fraction of sp³-hybridized carbons (Fsp3) is 0.524. The van der Waals surface area contributed by atoms with E-state index in [-0.39, 0.29) is 35.2 Å². The lowest BCUT2D eigenvalue weighted by Gasteiger charge is -2.25. The highest BCUT2D eigenvalue weighted by Gasteiger charge is 2.30. The molecule has 0 unspecified atom stereocenters. The molecule has 0 aliphatic heterocycles. The Bertz CT molecular complexity index is 879. The quantitative estimate of drug-likeness (QED) is 0.571. The molecule has 170 valence electrons. The molecule has 0 saturated carbocycles. The zero-order valence-electron chi connectivity index (χ0n) is 18.0. The van der Waals surface area contributed by atoms with Crippen LogP contribution in [0.25, 0.3) is 10.6 Å². The molecule has 1 heterocycles. The smallest absolute Gasteiger partial charge is 0.342 e. The number of hydrogen-bond acceptors (Lipinski definition) is 5. The molecule has 0 spiro atoms. The minimum absolute atomic E-state index is 0.0250. The molecular formula is C21H27F3N4O2S. The summed E-state index contributed by atoms with van der Waals surface area (Å²) in [5, 5.41) is 11.1. The van der Waals surface area contributed by atoms with Crippen LogP contribution in [0.4, 0.5) is 18.3 Å². The van der Waals surface area contributed by atoms with Crippen LogP contribution in [0.5, 0.6) is 0 Å². The summed E-state index contributed by atoms with van der Waals surface area (Å²) in [5.74, 6) is 0.243. The van der Waals surface area contributed by atoms with Gasteiger partial charge in [-0.25, -0.2) is 0 Å². The number of carbonyl (C=O) groups is 2. The van der Waals surface area contributed by atoms with E-state index in [4.69, 9.17) is 0 Å². The van der Waals surface area contributed by atoms with Crippen LogP contribution in [0.3, 0.4) is 0 Å². The van der Waals surface area contributed by atoms with Crippen LogP contribution in [0, 0.1) is 11.8 Å². The standard InChI is InChI=1S/C21H27F3N4O2S/c1-13(2)11-18(30)28(12-14(3)4)10-9-17(29)25-20-27-26-19(31-20)15-5-7-16(8-6-15)21(22,23)24/h5-8,13-14H,9-12H2,1-4H3,(H,25,27,29). The van der Waals surface area contributed by atoms with E-state index in [0.717, 1.165) is 23.5 Å². The van der Waals surface area contributed by atoms with Gasteiger partial charge in [0.1, 0.15) is 5.01 Å². The maximum absolute atomic E-state index is 12.7. The van der Waals surface area contributed by atoms with Gasteiger partial charge in [0.15, 0.2) is 0 Å². The van der Waals surface area contributed by atoms with Crippen molar-refractivity contribution in [3.8, 4) is 10.6 Å². The fourth-order valence-electron chi connectivity index (χ4n) is 2.85. The molecule has 0 saturated heterocycles. The van der Waals surface area contributed by atoms with Gasteiger partial charge in [-0.2, -0.15) is 13.2 Å². The summed E-state index contributed by atoms with van der Waals surface area (Å²) < 4.78 is 38.0. The summed E-state index contributed by atoms with van der Waals surface area (Å²) in [6.45, 7) is 8.86. The maximum atomic E-state index is 12.7. The number of halogens is 3. The van der Waals surface area contributed by atoms with Crippen LogP contribution >= 0.6 is 11.3 Å². The minimum Gasteiger partial charge on any atom is -0.342 e. The first kappa shape index (κ1) is 24.8. The Hall–Kier alpha value is -2.49. The van der Waals surface area contributed by atoms with Gasteiger partial charge in [0.05, 0.1) is 5.56 Å². The minimum atomic E-state index is -4.40. The number of alkyl halides is 3. The van der Waals surface area contributed by atoms with Gasteiger partial charge in [0.25, 0.3) is 0 Å². The molecule has 0 fully saturated rings. The second kappa shape index (κ2) is 10.7. The third-order valence-corrected chi connectivity index (χ3v) is 5.15. The topological polar surface area (TPSA) is 75.2 Å². The molecule has 31 heavy (non-hydrogen) atoms. The zero-order chi connectivity index (χ0) is 23.2. The Morgan fingerprint density at radius 2 is 1.71 bits per heavy atom. The van der Waals surface area contributed by atoms with Gasteiger partial charge in [-0.15, -0.1) is 10.2 Å². The molecule has 6 nitrogen and oxygen atoms in total. The maximum Gasteiger partial charge on any atom is 0.416 e. The van der Waals surface area contributed by atoms with Gasteiger partial charge in [-0.3, -0.25) is 9.59 Å². The molecule has 0 bridgehead atoms. The number of rotatable bonds is 9. The first-order chi connectivity index (χ1) is 14.5. The Morgan fingerprint density at radius 3 is 2.26 bits per heavy atom. The normalized spacial score (nSPS) is 11.8. The van der Waals surface area contributed by atoms with Crippen LogP contribution in [-0.2, 0) is 15.8 Å². The van der Waals surface area contributed by atoms with E-state index in [9.17, 15) is 22.8 Å². The number of anilines is 1. The first-order valence-corrected chi connectivity index (χ1v) is 10.9. The molecule has 1 aromatic carbocycles. The Labute approximate surface area is 183 Å². The average molecular weight is 457 g/mol. The fourth-order valence-corrected chi connectivity index (χ4v) is 3.61. The van der Waals surface area contributed by atoms with Crippen molar-refractivity contribution < 1.29 is 22.8 Å². The predicted molar refractivity (Wildman–Crippen MR) is 114 cm³/mol. The molecule has 0 aliphatic carbocycles. The van der Waals surface area contributed by atoms with Gasteiger partial charge in [0.2, 0.25) is 16.9 Å². The van der Waals surface area contributed by atoms with Crippen molar-refractivity contribution in [2.75, 3.05) is 18.4 Å². The number of benzene rings is 1. The number of aromatic nitrogens is 2. The van der Waals surface area contributed by atoms with Crippen molar-refractivity contribution in [1.82, 2.24) is 15.1 Å². The molecule has 0 aliphatic rings.